The Morgan fingerprint density at radius 2 is 2.42 bits per heavy atom. The third-order valence-electron chi connectivity index (χ3n) is 1.53. The van der Waals surface area contributed by atoms with Crippen LogP contribution in [0.4, 0.5) is 0 Å². The van der Waals surface area contributed by atoms with Gasteiger partial charge >= 0.3 is 0 Å². The minimum atomic E-state index is 0.375. The van der Waals surface area contributed by atoms with Crippen LogP contribution in [0.3, 0.4) is 0 Å². The van der Waals surface area contributed by atoms with E-state index in [2.05, 4.69) is 5.16 Å². The van der Waals surface area contributed by atoms with E-state index in [-0.39, 0.29) is 0 Å². The van der Waals surface area contributed by atoms with E-state index in [1.807, 2.05) is 0 Å². The number of hydrogen-bond donors (Lipinski definition) is 0. The van der Waals surface area contributed by atoms with Gasteiger partial charge in [-0.2, -0.15) is 0 Å². The Balaban J connectivity index is 2.46. The van der Waals surface area contributed by atoms with Gasteiger partial charge in [0, 0.05) is 5.56 Å². The third-order valence-corrected chi connectivity index (χ3v) is 1.82. The molecule has 3 nitrogen and oxygen atoms in total. The van der Waals surface area contributed by atoms with Gasteiger partial charge in [-0.25, -0.2) is 0 Å². The van der Waals surface area contributed by atoms with Gasteiger partial charge in [0.2, 0.25) is 5.76 Å². The summed E-state index contributed by atoms with van der Waals surface area (Å²) in [5.74, 6) is 1.64. The molecule has 2 aromatic heterocycles. The number of rotatable bonds is 2. The lowest BCUT2D eigenvalue weighted by atomic mass is 10.2. The molecule has 2 heterocycles. The first-order chi connectivity index (χ1) is 5.92. The van der Waals surface area contributed by atoms with Crippen LogP contribution in [-0.2, 0) is 5.88 Å². The van der Waals surface area contributed by atoms with Crippen molar-refractivity contribution >= 4 is 11.6 Å². The predicted molar refractivity (Wildman–Crippen MR) is 43.8 cm³/mol. The fourth-order valence-electron chi connectivity index (χ4n) is 0.966. The zero-order valence-electron chi connectivity index (χ0n) is 6.16. The summed E-state index contributed by atoms with van der Waals surface area (Å²) in [5, 5.41) is 3.63. The van der Waals surface area contributed by atoms with E-state index in [4.69, 9.17) is 20.5 Å². The van der Waals surface area contributed by atoms with Gasteiger partial charge in [0.05, 0.1) is 18.3 Å². The number of alkyl halides is 1. The molecule has 12 heavy (non-hydrogen) atoms. The summed E-state index contributed by atoms with van der Waals surface area (Å²) >= 11 is 5.65. The highest BCUT2D eigenvalue weighted by Crippen LogP contribution is 2.24. The van der Waals surface area contributed by atoms with Crippen molar-refractivity contribution in [1.29, 1.82) is 0 Å². The number of hydrogen-bond acceptors (Lipinski definition) is 3. The maximum absolute atomic E-state index is 5.65. The van der Waals surface area contributed by atoms with Crippen molar-refractivity contribution in [2.45, 2.75) is 5.88 Å². The standard InChI is InChI=1S/C8H6ClNO2/c9-4-6-5-10-12-8(6)7-2-1-3-11-7/h1-3,5H,4H2. The Hall–Kier alpha value is -1.22. The van der Waals surface area contributed by atoms with Crippen LogP contribution in [0.5, 0.6) is 0 Å². The maximum Gasteiger partial charge on any atom is 0.206 e. The molecule has 0 bridgehead atoms. The largest absolute Gasteiger partial charge is 0.461 e. The summed E-state index contributed by atoms with van der Waals surface area (Å²) in [4.78, 5) is 0. The summed E-state index contributed by atoms with van der Waals surface area (Å²) in [5.41, 5.74) is 0.839. The minimum absolute atomic E-state index is 0.375. The SMILES string of the molecule is ClCc1cnoc1-c1ccco1. The second-order valence-corrected chi connectivity index (χ2v) is 2.56. The zero-order chi connectivity index (χ0) is 8.39. The van der Waals surface area contributed by atoms with Crippen molar-refractivity contribution in [2.24, 2.45) is 0 Å². The summed E-state index contributed by atoms with van der Waals surface area (Å²) in [7, 11) is 0. The van der Waals surface area contributed by atoms with Gasteiger partial charge in [0.1, 0.15) is 0 Å². The summed E-state index contributed by atoms with van der Waals surface area (Å²) in [6.07, 6.45) is 3.17. The van der Waals surface area contributed by atoms with E-state index in [9.17, 15) is 0 Å². The van der Waals surface area contributed by atoms with Crippen LogP contribution in [0.1, 0.15) is 5.56 Å². The van der Waals surface area contributed by atoms with Crippen molar-refractivity contribution in [3.63, 3.8) is 0 Å². The highest BCUT2D eigenvalue weighted by molar-refractivity contribution is 6.17. The highest BCUT2D eigenvalue weighted by atomic mass is 35.5. The van der Waals surface area contributed by atoms with Crippen LogP contribution in [0.15, 0.2) is 33.5 Å². The lowest BCUT2D eigenvalue weighted by molar-refractivity contribution is 0.417. The van der Waals surface area contributed by atoms with Gasteiger partial charge in [0.15, 0.2) is 5.76 Å². The van der Waals surface area contributed by atoms with Crippen molar-refractivity contribution < 1.29 is 8.94 Å². The predicted octanol–water partition coefficient (Wildman–Crippen LogP) is 2.67. The lowest BCUT2D eigenvalue weighted by Gasteiger charge is -1.90. The molecule has 0 amide bonds. The van der Waals surface area contributed by atoms with E-state index >= 15 is 0 Å². The normalized spacial score (nSPS) is 10.4. The minimum Gasteiger partial charge on any atom is -0.461 e. The Bertz CT molecular complexity index is 353. The van der Waals surface area contributed by atoms with Gasteiger partial charge in [0.25, 0.3) is 0 Å². The van der Waals surface area contributed by atoms with Gasteiger partial charge in [-0.15, -0.1) is 11.6 Å². The molecule has 62 valence electrons. The van der Waals surface area contributed by atoms with E-state index in [0.717, 1.165) is 5.56 Å². The molecule has 0 N–H and O–H groups in total. The Morgan fingerprint density at radius 1 is 1.50 bits per heavy atom. The van der Waals surface area contributed by atoms with E-state index in [1.165, 1.54) is 0 Å². The quantitative estimate of drug-likeness (QED) is 0.672. The topological polar surface area (TPSA) is 39.2 Å². The first-order valence-corrected chi connectivity index (χ1v) is 3.98. The second kappa shape index (κ2) is 3.03. The molecule has 4 heteroatoms. The summed E-state index contributed by atoms with van der Waals surface area (Å²) in [6.45, 7) is 0. The number of aromatic nitrogens is 1. The van der Waals surface area contributed by atoms with E-state index in [1.54, 1.807) is 24.6 Å². The summed E-state index contributed by atoms with van der Waals surface area (Å²) in [6, 6.07) is 3.59. The van der Waals surface area contributed by atoms with Crippen molar-refractivity contribution in [3.05, 3.63) is 30.2 Å². The number of halogens is 1. The first kappa shape index (κ1) is 7.43. The fraction of sp³-hybridized carbons (Fsp3) is 0.125. The van der Waals surface area contributed by atoms with Gasteiger partial charge in [-0.05, 0) is 12.1 Å². The molecule has 2 rings (SSSR count). The van der Waals surface area contributed by atoms with Crippen molar-refractivity contribution in [2.75, 3.05) is 0 Å². The molecule has 0 aliphatic rings. The first-order valence-electron chi connectivity index (χ1n) is 3.45. The third kappa shape index (κ3) is 1.12. The van der Waals surface area contributed by atoms with E-state index < -0.39 is 0 Å². The maximum atomic E-state index is 5.65. The number of nitrogens with zero attached hydrogens (tertiary/aromatic N) is 1. The smallest absolute Gasteiger partial charge is 0.206 e. The average Bonchev–Trinajstić information content (AvgIpc) is 2.74. The monoisotopic (exact) mass is 183 g/mol. The van der Waals surface area contributed by atoms with Gasteiger partial charge < -0.3 is 8.94 Å². The average molecular weight is 184 g/mol. The molecule has 0 saturated carbocycles. The highest BCUT2D eigenvalue weighted by Gasteiger charge is 2.11. The molecule has 0 unspecified atom stereocenters. The second-order valence-electron chi connectivity index (χ2n) is 2.29. The molecule has 0 saturated heterocycles. The van der Waals surface area contributed by atoms with Crippen LogP contribution in [0.25, 0.3) is 11.5 Å². The van der Waals surface area contributed by atoms with Crippen molar-refractivity contribution in [1.82, 2.24) is 5.16 Å². The summed E-state index contributed by atoms with van der Waals surface area (Å²) < 4.78 is 10.1. The Kier molecular flexibility index (Phi) is 1.87. The molecule has 0 aliphatic carbocycles. The van der Waals surface area contributed by atoms with Crippen LogP contribution < -0.4 is 0 Å². The lowest BCUT2D eigenvalue weighted by Crippen LogP contribution is -1.75. The Morgan fingerprint density at radius 3 is 3.08 bits per heavy atom. The van der Waals surface area contributed by atoms with E-state index in [0.29, 0.717) is 17.4 Å². The molecule has 0 atom stereocenters. The van der Waals surface area contributed by atoms with Crippen LogP contribution in [0.2, 0.25) is 0 Å². The Labute approximate surface area is 73.9 Å². The molecular formula is C8H6ClNO2. The molecule has 0 radical (unpaired) electrons. The van der Waals surface area contributed by atoms with Gasteiger partial charge in [-0.1, -0.05) is 5.16 Å². The number of furan rings is 1. The molecule has 0 fully saturated rings. The zero-order valence-corrected chi connectivity index (χ0v) is 6.91. The van der Waals surface area contributed by atoms with Crippen LogP contribution in [0, 0.1) is 0 Å². The van der Waals surface area contributed by atoms with Crippen molar-refractivity contribution in [3.8, 4) is 11.5 Å². The molecular weight excluding hydrogens is 178 g/mol. The molecule has 0 spiro atoms. The molecule has 0 aromatic carbocycles. The van der Waals surface area contributed by atoms with Crippen LogP contribution in [-0.4, -0.2) is 5.16 Å². The van der Waals surface area contributed by atoms with Gasteiger partial charge in [-0.3, -0.25) is 0 Å². The molecule has 2 aromatic rings. The molecule has 0 aliphatic heterocycles. The fourth-order valence-corrected chi connectivity index (χ4v) is 1.16. The van der Waals surface area contributed by atoms with Crippen LogP contribution >= 0.6 is 11.6 Å².